The van der Waals surface area contributed by atoms with Crippen molar-refractivity contribution in [3.63, 3.8) is 0 Å². The Hall–Kier alpha value is -3.02. The zero-order valence-electron chi connectivity index (χ0n) is 16.5. The van der Waals surface area contributed by atoms with E-state index in [1.807, 2.05) is 37.3 Å². The summed E-state index contributed by atoms with van der Waals surface area (Å²) >= 11 is 0. The zero-order valence-corrected chi connectivity index (χ0v) is 16.5. The molecule has 0 spiro atoms. The van der Waals surface area contributed by atoms with E-state index >= 15 is 0 Å². The molecule has 1 aliphatic heterocycles. The maximum atomic E-state index is 13.1. The van der Waals surface area contributed by atoms with Gasteiger partial charge >= 0.3 is 11.9 Å². The number of cyclic esters (lactones) is 1. The van der Waals surface area contributed by atoms with Crippen molar-refractivity contribution in [3.8, 4) is 5.75 Å². The lowest BCUT2D eigenvalue weighted by atomic mass is 9.81. The fourth-order valence-electron chi connectivity index (χ4n) is 3.42. The Morgan fingerprint density at radius 2 is 1.75 bits per heavy atom. The highest BCUT2D eigenvalue weighted by Gasteiger charge is 2.62. The second-order valence-corrected chi connectivity index (χ2v) is 7.14. The van der Waals surface area contributed by atoms with Crippen LogP contribution >= 0.6 is 0 Å². The minimum atomic E-state index is -1.64. The van der Waals surface area contributed by atoms with E-state index in [0.29, 0.717) is 11.4 Å². The van der Waals surface area contributed by atoms with Gasteiger partial charge in [0.15, 0.2) is 0 Å². The van der Waals surface area contributed by atoms with Gasteiger partial charge in [0.1, 0.15) is 11.9 Å². The summed E-state index contributed by atoms with van der Waals surface area (Å²) < 4.78 is 16.3. The van der Waals surface area contributed by atoms with Gasteiger partial charge in [-0.05, 0) is 43.7 Å². The molecule has 148 valence electrons. The summed E-state index contributed by atoms with van der Waals surface area (Å²) in [5, 5.41) is 3.11. The highest BCUT2D eigenvalue weighted by molar-refractivity contribution is 6.09. The molecule has 0 aromatic heterocycles. The molecule has 1 saturated heterocycles. The first kappa shape index (κ1) is 19.7. The summed E-state index contributed by atoms with van der Waals surface area (Å²) in [7, 11) is 1.57. The van der Waals surface area contributed by atoms with E-state index in [-0.39, 0.29) is 6.10 Å². The molecule has 0 unspecified atom stereocenters. The van der Waals surface area contributed by atoms with Crippen LogP contribution in [0.25, 0.3) is 0 Å². The summed E-state index contributed by atoms with van der Waals surface area (Å²) in [5.74, 6) is -1.10. The van der Waals surface area contributed by atoms with Gasteiger partial charge < -0.3 is 19.5 Å². The molecule has 2 aromatic rings. The molecular weight excluding hydrogens is 358 g/mol. The first-order chi connectivity index (χ1) is 13.4. The Bertz CT molecular complexity index is 834. The molecule has 0 amide bonds. The van der Waals surface area contributed by atoms with Gasteiger partial charge in [0.05, 0.1) is 13.2 Å². The van der Waals surface area contributed by atoms with Crippen molar-refractivity contribution in [3.05, 3.63) is 60.2 Å². The molecule has 6 nitrogen and oxygen atoms in total. The molecular formula is C22H25NO5. The third-order valence-corrected chi connectivity index (χ3v) is 4.92. The lowest BCUT2D eigenvalue weighted by Crippen LogP contribution is -2.56. The average Bonchev–Trinajstić information content (AvgIpc) is 2.94. The van der Waals surface area contributed by atoms with E-state index in [0.717, 1.165) is 5.56 Å². The number of ether oxygens (including phenoxy) is 3. The van der Waals surface area contributed by atoms with Crippen molar-refractivity contribution in [2.24, 2.45) is 5.92 Å². The van der Waals surface area contributed by atoms with Crippen molar-refractivity contribution in [1.29, 1.82) is 0 Å². The molecule has 1 heterocycles. The lowest BCUT2D eigenvalue weighted by Gasteiger charge is -2.31. The summed E-state index contributed by atoms with van der Waals surface area (Å²) in [6.45, 7) is 5.32. The number of esters is 2. The van der Waals surface area contributed by atoms with Crippen LogP contribution in [0.3, 0.4) is 0 Å². The van der Waals surface area contributed by atoms with Gasteiger partial charge in [-0.2, -0.15) is 0 Å². The van der Waals surface area contributed by atoms with Crippen LogP contribution in [0, 0.1) is 5.92 Å². The molecule has 1 aliphatic rings. The molecule has 0 bridgehead atoms. The molecule has 3 rings (SSSR count). The smallest absolute Gasteiger partial charge is 0.344 e. The Labute approximate surface area is 164 Å². The Morgan fingerprint density at radius 1 is 1.11 bits per heavy atom. The number of rotatable bonds is 6. The minimum Gasteiger partial charge on any atom is -0.497 e. The van der Waals surface area contributed by atoms with Gasteiger partial charge in [-0.25, -0.2) is 9.59 Å². The van der Waals surface area contributed by atoms with Crippen molar-refractivity contribution in [2.75, 3.05) is 12.4 Å². The highest BCUT2D eigenvalue weighted by atomic mass is 16.6. The second-order valence-electron chi connectivity index (χ2n) is 7.14. The van der Waals surface area contributed by atoms with Gasteiger partial charge in [-0.15, -0.1) is 0 Å². The van der Waals surface area contributed by atoms with Crippen LogP contribution in [0.1, 0.15) is 32.4 Å². The van der Waals surface area contributed by atoms with E-state index in [2.05, 4.69) is 5.32 Å². The fourth-order valence-corrected chi connectivity index (χ4v) is 3.42. The summed E-state index contributed by atoms with van der Waals surface area (Å²) in [6.07, 6.45) is -0.919. The maximum absolute atomic E-state index is 13.1. The number of nitrogens with one attached hydrogen (secondary N) is 1. The number of benzene rings is 2. The van der Waals surface area contributed by atoms with E-state index < -0.39 is 29.5 Å². The van der Waals surface area contributed by atoms with Crippen molar-refractivity contribution < 1.29 is 23.8 Å². The number of carbonyl (C=O) groups is 2. The first-order valence-electron chi connectivity index (χ1n) is 9.28. The molecule has 1 N–H and O–H groups in total. The topological polar surface area (TPSA) is 73.9 Å². The SMILES string of the molecule is COc1ccc(N[C@@]2(C(=O)OC(C)C)C(=O)O[C@@H](c3ccccc3)[C@H]2C)cc1. The molecule has 3 atom stereocenters. The van der Waals surface area contributed by atoms with Crippen LogP contribution in [-0.4, -0.2) is 30.7 Å². The summed E-state index contributed by atoms with van der Waals surface area (Å²) in [6, 6.07) is 16.4. The average molecular weight is 383 g/mol. The molecule has 1 fully saturated rings. The number of hydrogen-bond donors (Lipinski definition) is 1. The lowest BCUT2D eigenvalue weighted by molar-refractivity contribution is -0.160. The zero-order chi connectivity index (χ0) is 20.3. The van der Waals surface area contributed by atoms with Gasteiger partial charge in [-0.1, -0.05) is 37.3 Å². The second kappa shape index (κ2) is 7.92. The van der Waals surface area contributed by atoms with Crippen molar-refractivity contribution >= 4 is 17.6 Å². The van der Waals surface area contributed by atoms with Crippen LogP contribution < -0.4 is 10.1 Å². The Morgan fingerprint density at radius 3 is 2.32 bits per heavy atom. The fraction of sp³-hybridized carbons (Fsp3) is 0.364. The molecule has 0 radical (unpaired) electrons. The monoisotopic (exact) mass is 383 g/mol. The third-order valence-electron chi connectivity index (χ3n) is 4.92. The standard InChI is InChI=1S/C22H25NO5/c1-14(2)27-20(24)22(23-17-10-12-18(26-4)13-11-17)15(3)19(28-21(22)25)16-8-6-5-7-9-16/h5-15,19,23H,1-4H3/t15-,19-,22+/m1/s1. The van der Waals surface area contributed by atoms with E-state index in [9.17, 15) is 9.59 Å². The number of hydrogen-bond acceptors (Lipinski definition) is 6. The molecule has 0 aliphatic carbocycles. The van der Waals surface area contributed by atoms with Gasteiger partial charge in [0.25, 0.3) is 0 Å². The van der Waals surface area contributed by atoms with E-state index in [1.165, 1.54) is 0 Å². The van der Waals surface area contributed by atoms with Crippen molar-refractivity contribution in [2.45, 2.75) is 38.5 Å². The first-order valence-corrected chi connectivity index (χ1v) is 9.28. The molecule has 0 saturated carbocycles. The highest BCUT2D eigenvalue weighted by Crippen LogP contribution is 2.44. The largest absolute Gasteiger partial charge is 0.497 e. The van der Waals surface area contributed by atoms with E-state index in [1.54, 1.807) is 45.2 Å². The third kappa shape index (κ3) is 3.54. The minimum absolute atomic E-state index is 0.363. The number of carbonyl (C=O) groups excluding carboxylic acids is 2. The van der Waals surface area contributed by atoms with Crippen LogP contribution in [0.2, 0.25) is 0 Å². The van der Waals surface area contributed by atoms with E-state index in [4.69, 9.17) is 14.2 Å². The van der Waals surface area contributed by atoms with Crippen LogP contribution in [0.15, 0.2) is 54.6 Å². The Balaban J connectivity index is 2.00. The van der Waals surface area contributed by atoms with Gasteiger partial charge in [0.2, 0.25) is 5.54 Å². The maximum Gasteiger partial charge on any atom is 0.344 e. The molecule has 6 heteroatoms. The van der Waals surface area contributed by atoms with Gasteiger partial charge in [0, 0.05) is 11.6 Å². The van der Waals surface area contributed by atoms with Crippen LogP contribution in [-0.2, 0) is 19.1 Å². The van der Waals surface area contributed by atoms with Gasteiger partial charge in [-0.3, -0.25) is 0 Å². The quantitative estimate of drug-likeness (QED) is 0.605. The van der Waals surface area contributed by atoms with Crippen molar-refractivity contribution in [1.82, 2.24) is 0 Å². The summed E-state index contributed by atoms with van der Waals surface area (Å²) in [4.78, 5) is 26.1. The predicted octanol–water partition coefficient (Wildman–Crippen LogP) is 3.73. The summed E-state index contributed by atoms with van der Waals surface area (Å²) in [5.41, 5.74) is -0.211. The predicted molar refractivity (Wildman–Crippen MR) is 105 cm³/mol. The Kier molecular flexibility index (Phi) is 5.58. The number of methoxy groups -OCH3 is 1. The molecule has 2 aromatic carbocycles. The van der Waals surface area contributed by atoms with Crippen LogP contribution in [0.5, 0.6) is 5.75 Å². The normalized spacial score (nSPS) is 24.0. The molecule has 28 heavy (non-hydrogen) atoms. The van der Waals surface area contributed by atoms with Crippen LogP contribution in [0.4, 0.5) is 5.69 Å². The number of anilines is 1.